The highest BCUT2D eigenvalue weighted by Crippen LogP contribution is 2.16. The molecule has 2 rings (SSSR count). The minimum Gasteiger partial charge on any atom is -0.319 e. The molecule has 88 valence electrons. The van der Waals surface area contributed by atoms with E-state index in [1.807, 2.05) is 32.0 Å². The van der Waals surface area contributed by atoms with Crippen LogP contribution in [-0.2, 0) is 0 Å². The molecule has 0 aliphatic heterocycles. The van der Waals surface area contributed by atoms with E-state index in [0.29, 0.717) is 5.69 Å². The highest BCUT2D eigenvalue weighted by Gasteiger charge is 2.11. The fourth-order valence-corrected chi connectivity index (χ4v) is 1.51. The van der Waals surface area contributed by atoms with E-state index in [4.69, 9.17) is 0 Å². The van der Waals surface area contributed by atoms with Crippen LogP contribution in [0.5, 0.6) is 0 Å². The highest BCUT2D eigenvalue weighted by atomic mass is 16.2. The van der Waals surface area contributed by atoms with Crippen LogP contribution in [0.1, 0.15) is 21.7 Å². The van der Waals surface area contributed by atoms with Gasteiger partial charge in [0.25, 0.3) is 5.91 Å². The van der Waals surface area contributed by atoms with Gasteiger partial charge in [0.2, 0.25) is 5.82 Å². The smallest absolute Gasteiger partial charge is 0.319 e. The van der Waals surface area contributed by atoms with Gasteiger partial charge in [-0.15, -0.1) is 5.10 Å². The maximum Gasteiger partial charge on any atom is 0.341 e. The van der Waals surface area contributed by atoms with Crippen molar-refractivity contribution >= 4 is 11.6 Å². The van der Waals surface area contributed by atoms with Crippen molar-refractivity contribution in [3.05, 3.63) is 45.6 Å². The Labute approximate surface area is 97.1 Å². The van der Waals surface area contributed by atoms with Crippen molar-refractivity contribution in [3.63, 3.8) is 0 Å². The van der Waals surface area contributed by atoms with Crippen LogP contribution in [-0.4, -0.2) is 21.1 Å². The number of H-pyrrole nitrogens is 2. The molecule has 0 atom stereocenters. The third kappa shape index (κ3) is 2.41. The van der Waals surface area contributed by atoms with Gasteiger partial charge in [0.15, 0.2) is 0 Å². The fourth-order valence-electron chi connectivity index (χ4n) is 1.51. The lowest BCUT2D eigenvalue weighted by atomic mass is 10.1. The largest absolute Gasteiger partial charge is 0.341 e. The van der Waals surface area contributed by atoms with Crippen molar-refractivity contribution in [1.82, 2.24) is 15.2 Å². The second kappa shape index (κ2) is 4.25. The molecule has 0 saturated heterocycles. The lowest BCUT2D eigenvalue weighted by Gasteiger charge is -2.07. The molecule has 1 amide bonds. The summed E-state index contributed by atoms with van der Waals surface area (Å²) in [5.74, 6) is -0.481. The summed E-state index contributed by atoms with van der Waals surface area (Å²) in [5, 5.41) is 8.37. The van der Waals surface area contributed by atoms with E-state index in [9.17, 15) is 9.59 Å². The number of carbonyl (C=O) groups is 1. The van der Waals surface area contributed by atoms with Crippen molar-refractivity contribution < 1.29 is 4.79 Å². The number of amides is 1. The summed E-state index contributed by atoms with van der Waals surface area (Å²) in [4.78, 5) is 24.8. The van der Waals surface area contributed by atoms with E-state index in [1.54, 1.807) is 0 Å². The van der Waals surface area contributed by atoms with Crippen LogP contribution in [0.25, 0.3) is 0 Å². The van der Waals surface area contributed by atoms with Crippen molar-refractivity contribution in [2.24, 2.45) is 0 Å². The van der Waals surface area contributed by atoms with Crippen LogP contribution >= 0.6 is 0 Å². The Morgan fingerprint density at radius 2 is 2.12 bits per heavy atom. The summed E-state index contributed by atoms with van der Waals surface area (Å²) in [6.45, 7) is 3.87. The summed E-state index contributed by atoms with van der Waals surface area (Å²) < 4.78 is 0. The molecule has 1 aromatic heterocycles. The van der Waals surface area contributed by atoms with Crippen LogP contribution in [0, 0.1) is 13.8 Å². The quantitative estimate of drug-likeness (QED) is 0.720. The molecule has 17 heavy (non-hydrogen) atoms. The number of nitrogens with one attached hydrogen (secondary N) is 3. The standard InChI is InChI=1S/C11H12N4O2/c1-6-3-4-8(7(2)5-6)12-10(16)9-13-11(17)15-14-9/h3-5H,1-2H3,(H,12,16)(H2,13,14,15,17). The average molecular weight is 232 g/mol. The molecule has 1 heterocycles. The van der Waals surface area contributed by atoms with Gasteiger partial charge in [0, 0.05) is 5.69 Å². The van der Waals surface area contributed by atoms with Crippen LogP contribution in [0.3, 0.4) is 0 Å². The van der Waals surface area contributed by atoms with Gasteiger partial charge in [-0.05, 0) is 25.5 Å². The number of rotatable bonds is 2. The molecule has 0 bridgehead atoms. The van der Waals surface area contributed by atoms with Crippen molar-refractivity contribution in [2.75, 3.05) is 5.32 Å². The molecule has 2 aromatic rings. The summed E-state index contributed by atoms with van der Waals surface area (Å²) in [5.41, 5.74) is 2.27. The highest BCUT2D eigenvalue weighted by molar-refractivity contribution is 6.01. The molecule has 6 nitrogen and oxygen atoms in total. The van der Waals surface area contributed by atoms with Crippen LogP contribution < -0.4 is 11.0 Å². The minimum atomic E-state index is -0.504. The van der Waals surface area contributed by atoms with Crippen molar-refractivity contribution in [2.45, 2.75) is 13.8 Å². The average Bonchev–Trinajstić information content (AvgIpc) is 2.69. The Balaban J connectivity index is 2.21. The van der Waals surface area contributed by atoms with Crippen LogP contribution in [0.15, 0.2) is 23.0 Å². The van der Waals surface area contributed by atoms with E-state index in [1.165, 1.54) is 0 Å². The summed E-state index contributed by atoms with van der Waals surface area (Å²) in [7, 11) is 0. The number of aryl methyl sites for hydroxylation is 2. The van der Waals surface area contributed by atoms with Crippen LogP contribution in [0.2, 0.25) is 0 Å². The van der Waals surface area contributed by atoms with E-state index in [-0.39, 0.29) is 5.82 Å². The first kappa shape index (κ1) is 11.1. The number of hydrogen-bond acceptors (Lipinski definition) is 3. The first-order chi connectivity index (χ1) is 8.06. The van der Waals surface area contributed by atoms with Gasteiger partial charge in [-0.1, -0.05) is 17.7 Å². The topological polar surface area (TPSA) is 90.6 Å². The molecule has 3 N–H and O–H groups in total. The normalized spacial score (nSPS) is 10.2. The van der Waals surface area contributed by atoms with Crippen molar-refractivity contribution in [3.8, 4) is 0 Å². The Kier molecular flexibility index (Phi) is 2.78. The maximum atomic E-state index is 11.7. The first-order valence-electron chi connectivity index (χ1n) is 5.09. The van der Waals surface area contributed by atoms with Gasteiger partial charge in [-0.3, -0.25) is 9.78 Å². The van der Waals surface area contributed by atoms with Gasteiger partial charge in [0.05, 0.1) is 0 Å². The third-order valence-electron chi connectivity index (χ3n) is 2.35. The van der Waals surface area contributed by atoms with Gasteiger partial charge < -0.3 is 5.32 Å². The molecule has 0 fully saturated rings. The summed E-state index contributed by atoms with van der Waals surface area (Å²) in [6, 6.07) is 5.67. The van der Waals surface area contributed by atoms with E-state index in [2.05, 4.69) is 20.5 Å². The SMILES string of the molecule is Cc1ccc(NC(=O)c2n[nH]c(=O)[nH]2)c(C)c1. The second-order valence-electron chi connectivity index (χ2n) is 3.80. The predicted octanol–water partition coefficient (Wildman–Crippen LogP) is 0.967. The number of aromatic amines is 2. The molecule has 0 spiro atoms. The lowest BCUT2D eigenvalue weighted by Crippen LogP contribution is -2.15. The van der Waals surface area contributed by atoms with Crippen molar-refractivity contribution in [1.29, 1.82) is 0 Å². The molecule has 0 unspecified atom stereocenters. The number of carbonyl (C=O) groups excluding carboxylic acids is 1. The summed E-state index contributed by atoms with van der Waals surface area (Å²) in [6.07, 6.45) is 0. The number of anilines is 1. The second-order valence-corrected chi connectivity index (χ2v) is 3.80. The zero-order valence-corrected chi connectivity index (χ0v) is 9.50. The van der Waals surface area contributed by atoms with E-state index < -0.39 is 11.6 Å². The molecule has 0 aliphatic rings. The molecular formula is C11H12N4O2. The number of benzene rings is 1. The molecule has 0 saturated carbocycles. The lowest BCUT2D eigenvalue weighted by molar-refractivity contribution is 0.101. The van der Waals surface area contributed by atoms with E-state index in [0.717, 1.165) is 11.1 Å². The molecule has 0 radical (unpaired) electrons. The summed E-state index contributed by atoms with van der Waals surface area (Å²) >= 11 is 0. The molecule has 6 heteroatoms. The molecular weight excluding hydrogens is 220 g/mol. The number of nitrogens with zero attached hydrogens (tertiary/aromatic N) is 1. The van der Waals surface area contributed by atoms with Crippen LogP contribution in [0.4, 0.5) is 5.69 Å². The first-order valence-corrected chi connectivity index (χ1v) is 5.09. The Hall–Kier alpha value is -2.37. The van der Waals surface area contributed by atoms with Gasteiger partial charge in [-0.25, -0.2) is 9.89 Å². The minimum absolute atomic E-state index is 0.0324. The third-order valence-corrected chi connectivity index (χ3v) is 2.35. The molecule has 0 aliphatic carbocycles. The zero-order valence-electron chi connectivity index (χ0n) is 9.50. The van der Waals surface area contributed by atoms with Gasteiger partial charge in [-0.2, -0.15) is 0 Å². The monoisotopic (exact) mass is 232 g/mol. The molecule has 1 aromatic carbocycles. The Morgan fingerprint density at radius 1 is 1.35 bits per heavy atom. The predicted molar refractivity (Wildman–Crippen MR) is 63.1 cm³/mol. The Bertz CT molecular complexity index is 612. The fraction of sp³-hybridized carbons (Fsp3) is 0.182. The maximum absolute atomic E-state index is 11.7. The van der Waals surface area contributed by atoms with E-state index >= 15 is 0 Å². The Morgan fingerprint density at radius 3 is 2.71 bits per heavy atom. The van der Waals surface area contributed by atoms with Gasteiger partial charge >= 0.3 is 5.69 Å². The zero-order chi connectivity index (χ0) is 12.4. The number of aromatic nitrogens is 3. The van der Waals surface area contributed by atoms with Gasteiger partial charge in [0.1, 0.15) is 0 Å². The number of hydrogen-bond donors (Lipinski definition) is 3.